The van der Waals surface area contributed by atoms with Crippen LogP contribution in [0.25, 0.3) is 11.1 Å². The summed E-state index contributed by atoms with van der Waals surface area (Å²) in [6.07, 6.45) is 3.31. The molecule has 2 aliphatic rings. The van der Waals surface area contributed by atoms with E-state index in [0.29, 0.717) is 30.9 Å². The van der Waals surface area contributed by atoms with Crippen molar-refractivity contribution in [1.29, 1.82) is 0 Å². The molecule has 0 bridgehead atoms. The first-order chi connectivity index (χ1) is 12.5. The first-order valence-corrected chi connectivity index (χ1v) is 9.16. The third kappa shape index (κ3) is 3.41. The molecule has 0 aliphatic carbocycles. The van der Waals surface area contributed by atoms with Crippen molar-refractivity contribution in [2.45, 2.75) is 50.8 Å². The second-order valence-electron chi connectivity index (χ2n) is 7.33. The molecule has 1 atom stereocenters. The standard InChI is InChI=1S/C19H24N2O5/c1-13-2-3-16-15(10-13)21(18(23)26-16)12-17(22)20-14-4-7-25-19(11-14)5-8-24-9-6-19/h2-3,10,14H,4-9,11-12H2,1H3,(H,20,22)/t14-/m0/s1. The summed E-state index contributed by atoms with van der Waals surface area (Å²) in [6, 6.07) is 5.56. The number of hydrogen-bond donors (Lipinski definition) is 1. The summed E-state index contributed by atoms with van der Waals surface area (Å²) in [4.78, 5) is 24.7. The molecular formula is C19H24N2O5. The quantitative estimate of drug-likeness (QED) is 0.902. The number of nitrogens with zero attached hydrogens (tertiary/aromatic N) is 1. The first-order valence-electron chi connectivity index (χ1n) is 9.16. The second kappa shape index (κ2) is 6.89. The van der Waals surface area contributed by atoms with Gasteiger partial charge in [0.25, 0.3) is 0 Å². The normalized spacial score (nSPS) is 22.6. The van der Waals surface area contributed by atoms with Crippen molar-refractivity contribution in [3.8, 4) is 0 Å². The van der Waals surface area contributed by atoms with Gasteiger partial charge < -0.3 is 19.2 Å². The Balaban J connectivity index is 1.45. The average Bonchev–Trinajstić information content (AvgIpc) is 2.91. The number of aryl methyl sites for hydroxylation is 1. The molecular weight excluding hydrogens is 336 g/mol. The van der Waals surface area contributed by atoms with Crippen molar-refractivity contribution in [2.24, 2.45) is 0 Å². The van der Waals surface area contributed by atoms with E-state index in [2.05, 4.69) is 5.32 Å². The summed E-state index contributed by atoms with van der Waals surface area (Å²) in [7, 11) is 0. The van der Waals surface area contributed by atoms with E-state index in [1.807, 2.05) is 19.1 Å². The predicted octanol–water partition coefficient (Wildman–Crippen LogP) is 1.75. The summed E-state index contributed by atoms with van der Waals surface area (Å²) < 4.78 is 18.1. The Morgan fingerprint density at radius 3 is 2.92 bits per heavy atom. The Labute approximate surface area is 151 Å². The SMILES string of the molecule is Cc1ccc2oc(=O)n(CC(=O)N[C@H]3CCOC4(CCOCC4)C3)c2c1. The topological polar surface area (TPSA) is 82.7 Å². The lowest BCUT2D eigenvalue weighted by Crippen LogP contribution is -2.51. The maximum atomic E-state index is 12.6. The van der Waals surface area contributed by atoms with Crippen LogP contribution in [-0.2, 0) is 20.8 Å². The lowest BCUT2D eigenvalue weighted by molar-refractivity contribution is -0.144. The van der Waals surface area contributed by atoms with Crippen LogP contribution in [0.2, 0.25) is 0 Å². The van der Waals surface area contributed by atoms with Crippen LogP contribution < -0.4 is 11.1 Å². The smallest absolute Gasteiger partial charge is 0.408 e. The summed E-state index contributed by atoms with van der Waals surface area (Å²) in [6.45, 7) is 3.95. The van der Waals surface area contributed by atoms with Crippen molar-refractivity contribution >= 4 is 17.0 Å². The molecule has 2 aliphatic heterocycles. The van der Waals surface area contributed by atoms with Gasteiger partial charge in [0.1, 0.15) is 6.54 Å². The van der Waals surface area contributed by atoms with Gasteiger partial charge in [0.2, 0.25) is 5.91 Å². The Bertz CT molecular complexity index is 857. The van der Waals surface area contributed by atoms with E-state index < -0.39 is 5.76 Å². The molecule has 2 fully saturated rings. The number of aromatic nitrogens is 1. The van der Waals surface area contributed by atoms with Gasteiger partial charge in [0.05, 0.1) is 11.1 Å². The van der Waals surface area contributed by atoms with Crippen LogP contribution in [0.3, 0.4) is 0 Å². The van der Waals surface area contributed by atoms with E-state index in [1.54, 1.807) is 6.07 Å². The highest BCUT2D eigenvalue weighted by Crippen LogP contribution is 2.34. The van der Waals surface area contributed by atoms with Crippen molar-refractivity contribution < 1.29 is 18.7 Å². The third-order valence-corrected chi connectivity index (χ3v) is 5.39. The van der Waals surface area contributed by atoms with Gasteiger partial charge in [0, 0.05) is 25.9 Å². The van der Waals surface area contributed by atoms with Crippen LogP contribution in [0.1, 0.15) is 31.2 Å². The highest BCUT2D eigenvalue weighted by atomic mass is 16.5. The molecule has 1 spiro atoms. The molecule has 0 saturated carbocycles. The van der Waals surface area contributed by atoms with Gasteiger partial charge >= 0.3 is 5.76 Å². The number of amides is 1. The number of ether oxygens (including phenoxy) is 2. The molecule has 0 unspecified atom stereocenters. The van der Waals surface area contributed by atoms with Crippen LogP contribution in [0, 0.1) is 6.92 Å². The minimum Gasteiger partial charge on any atom is -0.408 e. The number of fused-ring (bicyclic) bond motifs is 1. The van der Waals surface area contributed by atoms with E-state index in [9.17, 15) is 9.59 Å². The van der Waals surface area contributed by atoms with Crippen molar-refractivity contribution in [3.63, 3.8) is 0 Å². The van der Waals surface area contributed by atoms with Gasteiger partial charge in [-0.1, -0.05) is 6.07 Å². The molecule has 2 saturated heterocycles. The minimum atomic E-state index is -0.506. The molecule has 3 heterocycles. The van der Waals surface area contributed by atoms with Crippen molar-refractivity contribution in [3.05, 3.63) is 34.3 Å². The Hall–Kier alpha value is -2.12. The number of benzene rings is 1. The van der Waals surface area contributed by atoms with Crippen LogP contribution in [-0.4, -0.2) is 41.9 Å². The zero-order chi connectivity index (χ0) is 18.1. The zero-order valence-electron chi connectivity index (χ0n) is 15.0. The van der Waals surface area contributed by atoms with Crippen LogP contribution in [0.15, 0.2) is 27.4 Å². The maximum absolute atomic E-state index is 12.6. The molecule has 4 rings (SSSR count). The highest BCUT2D eigenvalue weighted by Gasteiger charge is 2.39. The Kier molecular flexibility index (Phi) is 4.58. The van der Waals surface area contributed by atoms with Gasteiger partial charge in [-0.25, -0.2) is 4.79 Å². The van der Waals surface area contributed by atoms with E-state index in [-0.39, 0.29) is 24.1 Å². The Morgan fingerprint density at radius 2 is 2.12 bits per heavy atom. The van der Waals surface area contributed by atoms with Crippen LogP contribution in [0.5, 0.6) is 0 Å². The first kappa shape index (κ1) is 17.3. The van der Waals surface area contributed by atoms with Gasteiger partial charge in [0.15, 0.2) is 5.58 Å². The van der Waals surface area contributed by atoms with Crippen molar-refractivity contribution in [1.82, 2.24) is 9.88 Å². The van der Waals surface area contributed by atoms with Gasteiger partial charge in [-0.15, -0.1) is 0 Å². The van der Waals surface area contributed by atoms with Gasteiger partial charge in [-0.05, 0) is 50.3 Å². The predicted molar refractivity (Wildman–Crippen MR) is 95.1 cm³/mol. The van der Waals surface area contributed by atoms with E-state index in [0.717, 1.165) is 31.2 Å². The summed E-state index contributed by atoms with van der Waals surface area (Å²) in [5.74, 6) is -0.681. The summed E-state index contributed by atoms with van der Waals surface area (Å²) in [5, 5.41) is 3.07. The maximum Gasteiger partial charge on any atom is 0.420 e. The molecule has 26 heavy (non-hydrogen) atoms. The van der Waals surface area contributed by atoms with E-state index in [4.69, 9.17) is 13.9 Å². The number of carbonyl (C=O) groups excluding carboxylic acids is 1. The third-order valence-electron chi connectivity index (χ3n) is 5.39. The highest BCUT2D eigenvalue weighted by molar-refractivity contribution is 5.80. The second-order valence-corrected chi connectivity index (χ2v) is 7.33. The van der Waals surface area contributed by atoms with E-state index in [1.165, 1.54) is 4.57 Å². The number of carbonyl (C=O) groups is 1. The monoisotopic (exact) mass is 360 g/mol. The largest absolute Gasteiger partial charge is 0.420 e. The number of oxazole rings is 1. The molecule has 7 heteroatoms. The average molecular weight is 360 g/mol. The molecule has 1 aromatic carbocycles. The van der Waals surface area contributed by atoms with E-state index >= 15 is 0 Å². The Morgan fingerprint density at radius 1 is 1.31 bits per heavy atom. The molecule has 7 nitrogen and oxygen atoms in total. The van der Waals surface area contributed by atoms with Crippen LogP contribution in [0.4, 0.5) is 0 Å². The molecule has 1 amide bonds. The molecule has 140 valence electrons. The zero-order valence-corrected chi connectivity index (χ0v) is 15.0. The molecule has 1 aromatic heterocycles. The fourth-order valence-electron chi connectivity index (χ4n) is 3.98. The fourth-order valence-corrected chi connectivity index (χ4v) is 3.98. The lowest BCUT2D eigenvalue weighted by Gasteiger charge is -2.43. The summed E-state index contributed by atoms with van der Waals surface area (Å²) in [5.41, 5.74) is 1.99. The number of nitrogens with one attached hydrogen (secondary N) is 1. The van der Waals surface area contributed by atoms with Crippen molar-refractivity contribution in [2.75, 3.05) is 19.8 Å². The number of rotatable bonds is 3. The molecule has 1 N–H and O–H groups in total. The lowest BCUT2D eigenvalue weighted by atomic mass is 9.84. The minimum absolute atomic E-state index is 0.0389. The number of hydrogen-bond acceptors (Lipinski definition) is 5. The molecule has 2 aromatic rings. The summed E-state index contributed by atoms with van der Waals surface area (Å²) >= 11 is 0. The molecule has 0 radical (unpaired) electrons. The van der Waals surface area contributed by atoms with Gasteiger partial charge in [-0.2, -0.15) is 0 Å². The van der Waals surface area contributed by atoms with Crippen LogP contribution >= 0.6 is 0 Å². The fraction of sp³-hybridized carbons (Fsp3) is 0.579. The van der Waals surface area contributed by atoms with Gasteiger partial charge in [-0.3, -0.25) is 9.36 Å².